The second-order valence-electron chi connectivity index (χ2n) is 4.66. The van der Waals surface area contributed by atoms with Gasteiger partial charge in [0.05, 0.1) is 0 Å². The van der Waals surface area contributed by atoms with E-state index in [1.165, 1.54) is 28.6 Å². The lowest BCUT2D eigenvalue weighted by molar-refractivity contribution is 0.362. The van der Waals surface area contributed by atoms with E-state index in [0.717, 1.165) is 6.54 Å². The van der Waals surface area contributed by atoms with Gasteiger partial charge in [0.25, 0.3) is 0 Å². The minimum atomic E-state index is 0.555. The molecule has 15 heavy (non-hydrogen) atoms. The Balaban J connectivity index is 2.04. The van der Waals surface area contributed by atoms with Gasteiger partial charge >= 0.3 is 0 Å². The molecule has 1 N–H and O–H groups in total. The molecule has 1 heterocycles. The first-order chi connectivity index (χ1) is 7.15. The smallest absolute Gasteiger partial charge is 0.0314 e. The lowest BCUT2D eigenvalue weighted by atomic mass is 9.95. The summed E-state index contributed by atoms with van der Waals surface area (Å²) in [6.07, 6.45) is 3.93. The maximum absolute atomic E-state index is 3.64. The Morgan fingerprint density at radius 3 is 2.80 bits per heavy atom. The van der Waals surface area contributed by atoms with E-state index < -0.39 is 0 Å². The van der Waals surface area contributed by atoms with Crippen LogP contribution < -0.4 is 5.32 Å². The van der Waals surface area contributed by atoms with Crippen molar-refractivity contribution in [3.05, 3.63) is 20.8 Å². The number of rotatable bonds is 5. The molecule has 1 atom stereocenters. The van der Waals surface area contributed by atoms with Crippen LogP contribution in [0.1, 0.15) is 31.6 Å². The fraction of sp³-hybridized carbons (Fsp3) is 0.667. The van der Waals surface area contributed by atoms with Crippen molar-refractivity contribution in [3.63, 3.8) is 0 Å². The number of hydrogen-bond acceptors (Lipinski definition) is 2. The average molecular weight is 288 g/mol. The lowest BCUT2D eigenvalue weighted by Crippen LogP contribution is -2.37. The first kappa shape index (κ1) is 11.6. The van der Waals surface area contributed by atoms with Crippen molar-refractivity contribution in [2.45, 2.75) is 39.2 Å². The summed E-state index contributed by atoms with van der Waals surface area (Å²) in [6.45, 7) is 5.67. The van der Waals surface area contributed by atoms with Crippen molar-refractivity contribution < 1.29 is 0 Å². The summed E-state index contributed by atoms with van der Waals surface area (Å²) < 4.78 is 1.28. The molecule has 1 aliphatic carbocycles. The summed E-state index contributed by atoms with van der Waals surface area (Å²) in [5, 5.41) is 5.80. The van der Waals surface area contributed by atoms with Crippen LogP contribution >= 0.6 is 27.3 Å². The van der Waals surface area contributed by atoms with Gasteiger partial charge in [-0.15, -0.1) is 11.3 Å². The molecule has 0 saturated heterocycles. The Kier molecular flexibility index (Phi) is 3.53. The minimum absolute atomic E-state index is 0.555. The minimum Gasteiger partial charge on any atom is -0.313 e. The Hall–Kier alpha value is 0.140. The summed E-state index contributed by atoms with van der Waals surface area (Å²) in [5.74, 6) is 0. The first-order valence-corrected chi connectivity index (χ1v) is 7.28. The van der Waals surface area contributed by atoms with Crippen molar-refractivity contribution in [1.29, 1.82) is 0 Å². The van der Waals surface area contributed by atoms with Gasteiger partial charge in [0.1, 0.15) is 0 Å². The number of nitrogens with one attached hydrogen (secondary N) is 1. The molecule has 0 radical (unpaired) electrons. The Morgan fingerprint density at radius 1 is 1.60 bits per heavy atom. The molecular formula is C12H18BrNS. The third-order valence-corrected chi connectivity index (χ3v) is 5.36. The lowest BCUT2D eigenvalue weighted by Gasteiger charge is -2.24. The van der Waals surface area contributed by atoms with E-state index >= 15 is 0 Å². The van der Waals surface area contributed by atoms with Crippen LogP contribution in [0.15, 0.2) is 15.9 Å². The molecule has 1 nitrogen and oxygen atoms in total. The predicted molar refractivity (Wildman–Crippen MR) is 70.5 cm³/mol. The highest BCUT2D eigenvalue weighted by Crippen LogP contribution is 2.49. The van der Waals surface area contributed by atoms with Crippen LogP contribution in [-0.4, -0.2) is 12.6 Å². The molecule has 1 saturated carbocycles. The highest BCUT2D eigenvalue weighted by Gasteiger charge is 2.44. The molecule has 1 aromatic rings. The van der Waals surface area contributed by atoms with Gasteiger partial charge in [-0.2, -0.15) is 0 Å². The van der Waals surface area contributed by atoms with Crippen molar-refractivity contribution in [2.75, 3.05) is 6.54 Å². The van der Waals surface area contributed by atoms with Crippen molar-refractivity contribution in [2.24, 2.45) is 5.41 Å². The van der Waals surface area contributed by atoms with Crippen molar-refractivity contribution in [1.82, 2.24) is 5.32 Å². The molecule has 0 aromatic carbocycles. The molecule has 0 bridgehead atoms. The van der Waals surface area contributed by atoms with Crippen LogP contribution in [0, 0.1) is 5.41 Å². The van der Waals surface area contributed by atoms with E-state index in [4.69, 9.17) is 0 Å². The standard InChI is InChI=1S/C12H18BrNS/c1-3-14-11(12(2)5-6-12)8-10-9(13)4-7-15-10/h4,7,11,14H,3,5-6,8H2,1-2H3. The van der Waals surface area contributed by atoms with Crippen LogP contribution in [0.2, 0.25) is 0 Å². The SMILES string of the molecule is CCNC(Cc1sccc1Br)C1(C)CC1. The number of thiophene rings is 1. The monoisotopic (exact) mass is 287 g/mol. The summed E-state index contributed by atoms with van der Waals surface area (Å²) >= 11 is 5.48. The largest absolute Gasteiger partial charge is 0.313 e. The highest BCUT2D eigenvalue weighted by molar-refractivity contribution is 9.10. The van der Waals surface area contributed by atoms with Crippen LogP contribution in [-0.2, 0) is 6.42 Å². The van der Waals surface area contributed by atoms with Crippen molar-refractivity contribution in [3.8, 4) is 0 Å². The van der Waals surface area contributed by atoms with Gasteiger partial charge < -0.3 is 5.32 Å². The Labute approximate surface area is 104 Å². The van der Waals surface area contributed by atoms with Gasteiger partial charge in [-0.3, -0.25) is 0 Å². The average Bonchev–Trinajstić information content (AvgIpc) is 2.82. The first-order valence-electron chi connectivity index (χ1n) is 5.61. The second-order valence-corrected chi connectivity index (χ2v) is 6.52. The van der Waals surface area contributed by atoms with Crippen LogP contribution in [0.4, 0.5) is 0 Å². The van der Waals surface area contributed by atoms with E-state index in [1.807, 2.05) is 11.3 Å². The zero-order chi connectivity index (χ0) is 10.9. The van der Waals surface area contributed by atoms with Gasteiger partial charge in [0, 0.05) is 15.4 Å². The number of likely N-dealkylation sites (N-methyl/N-ethyl adjacent to an activating group) is 1. The quantitative estimate of drug-likeness (QED) is 0.868. The number of halogens is 1. The van der Waals surface area contributed by atoms with Crippen LogP contribution in [0.5, 0.6) is 0 Å². The topological polar surface area (TPSA) is 12.0 Å². The fourth-order valence-electron chi connectivity index (χ4n) is 2.01. The Morgan fingerprint density at radius 2 is 2.33 bits per heavy atom. The highest BCUT2D eigenvalue weighted by atomic mass is 79.9. The molecule has 0 aliphatic heterocycles. The zero-order valence-corrected chi connectivity index (χ0v) is 11.7. The normalized spacial score (nSPS) is 20.2. The Bertz CT molecular complexity index is 330. The molecule has 1 aliphatic rings. The van der Waals surface area contributed by atoms with Gasteiger partial charge in [-0.25, -0.2) is 0 Å². The molecule has 84 valence electrons. The van der Waals surface area contributed by atoms with Crippen molar-refractivity contribution >= 4 is 27.3 Å². The fourth-order valence-corrected chi connectivity index (χ4v) is 3.57. The molecule has 1 aromatic heterocycles. The maximum atomic E-state index is 3.64. The van der Waals surface area contributed by atoms with Gasteiger partial charge in [0.2, 0.25) is 0 Å². The summed E-state index contributed by atoms with van der Waals surface area (Å²) in [5.41, 5.74) is 0.555. The summed E-state index contributed by atoms with van der Waals surface area (Å²) in [6, 6.07) is 2.80. The van der Waals surface area contributed by atoms with E-state index in [-0.39, 0.29) is 0 Å². The molecule has 0 amide bonds. The molecule has 1 unspecified atom stereocenters. The molecule has 2 rings (SSSR count). The second kappa shape index (κ2) is 4.56. The van der Waals surface area contributed by atoms with E-state index in [9.17, 15) is 0 Å². The molecule has 1 fully saturated rings. The summed E-state index contributed by atoms with van der Waals surface area (Å²) in [7, 11) is 0. The molecular weight excluding hydrogens is 270 g/mol. The van der Waals surface area contributed by atoms with E-state index in [1.54, 1.807) is 0 Å². The van der Waals surface area contributed by atoms with Crippen LogP contribution in [0.3, 0.4) is 0 Å². The third-order valence-electron chi connectivity index (χ3n) is 3.41. The number of hydrogen-bond donors (Lipinski definition) is 1. The molecule has 0 spiro atoms. The zero-order valence-electron chi connectivity index (χ0n) is 9.35. The molecule has 3 heteroatoms. The van der Waals surface area contributed by atoms with Gasteiger partial charge in [-0.1, -0.05) is 13.8 Å². The summed E-state index contributed by atoms with van der Waals surface area (Å²) in [4.78, 5) is 1.48. The van der Waals surface area contributed by atoms with E-state index in [0.29, 0.717) is 11.5 Å². The van der Waals surface area contributed by atoms with Gasteiger partial charge in [0.15, 0.2) is 0 Å². The van der Waals surface area contributed by atoms with Gasteiger partial charge in [-0.05, 0) is 58.6 Å². The van der Waals surface area contributed by atoms with E-state index in [2.05, 4.69) is 46.5 Å². The third kappa shape index (κ3) is 2.63. The maximum Gasteiger partial charge on any atom is 0.0314 e. The predicted octanol–water partition coefficient (Wildman–Crippen LogP) is 3.83. The van der Waals surface area contributed by atoms with Crippen LogP contribution in [0.25, 0.3) is 0 Å².